The van der Waals surface area contributed by atoms with E-state index in [0.29, 0.717) is 18.6 Å². The molecule has 2 rings (SSSR count). The monoisotopic (exact) mass is 225 g/mol. The van der Waals surface area contributed by atoms with Gasteiger partial charge in [0.1, 0.15) is 5.65 Å². The second-order valence-electron chi connectivity index (χ2n) is 3.61. The van der Waals surface area contributed by atoms with Crippen LogP contribution in [0.15, 0.2) is 24.5 Å². The highest BCUT2D eigenvalue weighted by molar-refractivity contribution is 5.80. The Hall–Kier alpha value is -1.49. The van der Waals surface area contributed by atoms with Crippen LogP contribution in [0.25, 0.3) is 11.0 Å². The van der Waals surface area contributed by atoms with E-state index in [1.165, 1.54) is 4.57 Å². The maximum atomic E-state index is 12.4. The van der Waals surface area contributed by atoms with E-state index in [9.17, 15) is 8.78 Å². The van der Waals surface area contributed by atoms with Crippen molar-refractivity contribution in [2.24, 2.45) is 5.73 Å². The zero-order valence-electron chi connectivity index (χ0n) is 8.74. The molecule has 0 radical (unpaired) electrons. The highest BCUT2D eigenvalue weighted by Crippen LogP contribution is 2.20. The molecular weight excluding hydrogens is 212 g/mol. The molecule has 0 saturated heterocycles. The minimum atomic E-state index is -2.37. The third kappa shape index (κ3) is 2.04. The quantitative estimate of drug-likeness (QED) is 0.862. The van der Waals surface area contributed by atoms with Gasteiger partial charge in [-0.1, -0.05) is 0 Å². The van der Waals surface area contributed by atoms with Crippen molar-refractivity contribution in [2.75, 3.05) is 6.54 Å². The summed E-state index contributed by atoms with van der Waals surface area (Å²) in [5, 5.41) is 0.911. The fraction of sp³-hybridized carbons (Fsp3) is 0.364. The van der Waals surface area contributed by atoms with Gasteiger partial charge in [0, 0.05) is 17.8 Å². The standard InChI is InChI=1S/C11H13F2N3/c12-10(13)7-16-6-8(3-4-14)9-2-1-5-15-11(9)16/h1-2,5-6,10H,3-4,7,14H2. The molecule has 2 aromatic heterocycles. The molecule has 0 bridgehead atoms. The van der Waals surface area contributed by atoms with Gasteiger partial charge in [-0.25, -0.2) is 13.8 Å². The molecule has 0 aliphatic heterocycles. The molecule has 3 nitrogen and oxygen atoms in total. The molecule has 0 atom stereocenters. The van der Waals surface area contributed by atoms with Crippen LogP contribution >= 0.6 is 0 Å². The molecule has 0 saturated carbocycles. The molecule has 2 heterocycles. The Morgan fingerprint density at radius 1 is 1.44 bits per heavy atom. The second kappa shape index (κ2) is 4.57. The lowest BCUT2D eigenvalue weighted by Crippen LogP contribution is -2.06. The second-order valence-corrected chi connectivity index (χ2v) is 3.61. The van der Waals surface area contributed by atoms with Crippen LogP contribution < -0.4 is 5.73 Å². The zero-order chi connectivity index (χ0) is 11.5. The van der Waals surface area contributed by atoms with Crippen LogP contribution in [0.4, 0.5) is 8.78 Å². The predicted molar refractivity (Wildman–Crippen MR) is 58.5 cm³/mol. The van der Waals surface area contributed by atoms with Gasteiger partial charge < -0.3 is 10.3 Å². The first-order valence-electron chi connectivity index (χ1n) is 5.13. The third-order valence-corrected chi connectivity index (χ3v) is 2.46. The Labute approximate surface area is 91.9 Å². The minimum absolute atomic E-state index is 0.321. The fourth-order valence-corrected chi connectivity index (χ4v) is 1.84. The van der Waals surface area contributed by atoms with Crippen LogP contribution in [-0.4, -0.2) is 22.5 Å². The highest BCUT2D eigenvalue weighted by Gasteiger charge is 2.11. The van der Waals surface area contributed by atoms with E-state index in [-0.39, 0.29) is 6.54 Å². The first-order valence-corrected chi connectivity index (χ1v) is 5.13. The van der Waals surface area contributed by atoms with Crippen molar-refractivity contribution in [1.29, 1.82) is 0 Å². The highest BCUT2D eigenvalue weighted by atomic mass is 19.3. The topological polar surface area (TPSA) is 43.8 Å². The Bertz CT molecular complexity index is 479. The molecule has 0 spiro atoms. The van der Waals surface area contributed by atoms with Crippen molar-refractivity contribution in [3.8, 4) is 0 Å². The first kappa shape index (κ1) is 11.0. The number of alkyl halides is 2. The van der Waals surface area contributed by atoms with Gasteiger partial charge >= 0.3 is 0 Å². The summed E-state index contributed by atoms with van der Waals surface area (Å²) >= 11 is 0. The number of nitrogens with zero attached hydrogens (tertiary/aromatic N) is 2. The summed E-state index contributed by atoms with van der Waals surface area (Å²) in [4.78, 5) is 4.13. The fourth-order valence-electron chi connectivity index (χ4n) is 1.84. The number of pyridine rings is 1. The van der Waals surface area contributed by atoms with Gasteiger partial charge in [-0.2, -0.15) is 0 Å². The van der Waals surface area contributed by atoms with Gasteiger partial charge in [0.05, 0.1) is 6.54 Å². The number of nitrogens with two attached hydrogens (primary N) is 1. The smallest absolute Gasteiger partial charge is 0.256 e. The summed E-state index contributed by atoms with van der Waals surface area (Å²) in [6, 6.07) is 3.68. The maximum absolute atomic E-state index is 12.4. The van der Waals surface area contributed by atoms with Crippen LogP contribution in [-0.2, 0) is 13.0 Å². The zero-order valence-corrected chi connectivity index (χ0v) is 8.74. The van der Waals surface area contributed by atoms with E-state index in [0.717, 1.165) is 10.9 Å². The molecule has 86 valence electrons. The summed E-state index contributed by atoms with van der Waals surface area (Å²) in [6.45, 7) is 0.181. The first-order chi connectivity index (χ1) is 7.72. The van der Waals surface area contributed by atoms with Crippen LogP contribution in [0.5, 0.6) is 0 Å². The van der Waals surface area contributed by atoms with Crippen LogP contribution in [0, 0.1) is 0 Å². The summed E-state index contributed by atoms with van der Waals surface area (Å²) in [5.41, 5.74) is 7.07. The number of halogens is 2. The van der Waals surface area contributed by atoms with Gasteiger partial charge in [0.25, 0.3) is 6.43 Å². The van der Waals surface area contributed by atoms with Crippen molar-refractivity contribution >= 4 is 11.0 Å². The third-order valence-electron chi connectivity index (χ3n) is 2.46. The minimum Gasteiger partial charge on any atom is -0.330 e. The largest absolute Gasteiger partial charge is 0.330 e. The van der Waals surface area contributed by atoms with Gasteiger partial charge in [-0.05, 0) is 30.7 Å². The molecule has 0 unspecified atom stereocenters. The lowest BCUT2D eigenvalue weighted by atomic mass is 10.2. The molecule has 2 N–H and O–H groups in total. The lowest BCUT2D eigenvalue weighted by molar-refractivity contribution is 0.128. The molecule has 0 aliphatic rings. The average Bonchev–Trinajstić information content (AvgIpc) is 2.58. The van der Waals surface area contributed by atoms with E-state index >= 15 is 0 Å². The van der Waals surface area contributed by atoms with Crippen molar-refractivity contribution in [2.45, 2.75) is 19.4 Å². The molecule has 16 heavy (non-hydrogen) atoms. The van der Waals surface area contributed by atoms with Crippen molar-refractivity contribution in [3.63, 3.8) is 0 Å². The molecule has 5 heteroatoms. The molecule has 2 aromatic rings. The Morgan fingerprint density at radius 3 is 2.94 bits per heavy atom. The van der Waals surface area contributed by atoms with Crippen LogP contribution in [0.3, 0.4) is 0 Å². The van der Waals surface area contributed by atoms with E-state index in [2.05, 4.69) is 4.98 Å². The van der Waals surface area contributed by atoms with E-state index < -0.39 is 6.43 Å². The lowest BCUT2D eigenvalue weighted by Gasteiger charge is -2.02. The van der Waals surface area contributed by atoms with E-state index in [4.69, 9.17) is 5.73 Å². The summed E-state index contributed by atoms with van der Waals surface area (Å²) < 4.78 is 26.2. The van der Waals surface area contributed by atoms with E-state index in [1.807, 2.05) is 6.07 Å². The van der Waals surface area contributed by atoms with Crippen molar-refractivity contribution in [1.82, 2.24) is 9.55 Å². The Morgan fingerprint density at radius 2 is 2.25 bits per heavy atom. The van der Waals surface area contributed by atoms with Crippen LogP contribution in [0.2, 0.25) is 0 Å². The Kier molecular flexibility index (Phi) is 3.14. The van der Waals surface area contributed by atoms with Gasteiger partial charge in [-0.3, -0.25) is 0 Å². The summed E-state index contributed by atoms with van der Waals surface area (Å²) in [5.74, 6) is 0. The van der Waals surface area contributed by atoms with E-state index in [1.54, 1.807) is 18.5 Å². The number of fused-ring (bicyclic) bond motifs is 1. The SMILES string of the molecule is NCCc1cn(CC(F)F)c2ncccc12. The number of hydrogen-bond acceptors (Lipinski definition) is 2. The summed E-state index contributed by atoms with van der Waals surface area (Å²) in [6.07, 6.45) is 1.63. The predicted octanol–water partition coefficient (Wildman–Crippen LogP) is 1.80. The normalized spacial score (nSPS) is 11.5. The maximum Gasteiger partial charge on any atom is 0.256 e. The summed E-state index contributed by atoms with van der Waals surface area (Å²) in [7, 11) is 0. The molecular formula is C11H13F2N3. The van der Waals surface area contributed by atoms with Crippen molar-refractivity contribution < 1.29 is 8.78 Å². The number of rotatable bonds is 4. The van der Waals surface area contributed by atoms with Gasteiger partial charge in [-0.15, -0.1) is 0 Å². The molecule has 0 fully saturated rings. The average molecular weight is 225 g/mol. The molecule has 0 aliphatic carbocycles. The Balaban J connectivity index is 2.48. The number of aromatic nitrogens is 2. The van der Waals surface area contributed by atoms with Gasteiger partial charge in [0.2, 0.25) is 0 Å². The molecule has 0 amide bonds. The molecule has 0 aromatic carbocycles. The van der Waals surface area contributed by atoms with Crippen LogP contribution in [0.1, 0.15) is 5.56 Å². The van der Waals surface area contributed by atoms with Gasteiger partial charge in [0.15, 0.2) is 0 Å². The van der Waals surface area contributed by atoms with Crippen molar-refractivity contribution in [3.05, 3.63) is 30.1 Å². The number of hydrogen-bond donors (Lipinski definition) is 1.